The maximum atomic E-state index is 12.6. The molecule has 3 N–H and O–H groups in total. The summed E-state index contributed by atoms with van der Waals surface area (Å²) in [5.41, 5.74) is 8.75. The van der Waals surface area contributed by atoms with Gasteiger partial charge in [-0.05, 0) is 65.0 Å². The number of nitrogens with two attached hydrogens (primary N) is 1. The molecule has 1 aliphatic carbocycles. The minimum atomic E-state index is -0.408. The number of nitrogens with one attached hydrogen (secondary N) is 1. The number of halogens is 1. The highest BCUT2D eigenvalue weighted by Crippen LogP contribution is 2.49. The lowest BCUT2D eigenvalue weighted by atomic mass is 9.94. The fourth-order valence-corrected chi connectivity index (χ4v) is 2.67. The van der Waals surface area contributed by atoms with E-state index in [4.69, 9.17) is 5.73 Å². The fraction of sp³-hybridized carbons (Fsp3) is 0.250. The number of rotatable bonds is 3. The number of nitrogen functional groups attached to an aromatic ring is 1. The third-order valence-electron chi connectivity index (χ3n) is 3.92. The number of carbonyl (C=O) groups excluding carboxylic acids is 1. The van der Waals surface area contributed by atoms with Gasteiger partial charge in [-0.2, -0.15) is 0 Å². The predicted molar refractivity (Wildman–Crippen MR) is 87.1 cm³/mol. The van der Waals surface area contributed by atoms with Gasteiger partial charge in [0.2, 0.25) is 5.91 Å². The van der Waals surface area contributed by atoms with Crippen LogP contribution in [0.1, 0.15) is 24.0 Å². The van der Waals surface area contributed by atoms with E-state index in [2.05, 4.69) is 26.2 Å². The molecule has 2 aromatic rings. The summed E-state index contributed by atoms with van der Waals surface area (Å²) in [6, 6.07) is 9.47. The van der Waals surface area contributed by atoms with Crippen LogP contribution in [-0.4, -0.2) is 10.9 Å². The largest absolute Gasteiger partial charge is 0.399 e. The second-order valence-electron chi connectivity index (χ2n) is 5.49. The molecule has 1 heterocycles. The summed E-state index contributed by atoms with van der Waals surface area (Å²) in [7, 11) is 0. The summed E-state index contributed by atoms with van der Waals surface area (Å²) in [6.45, 7) is 1.94. The number of nitrogens with zero attached hydrogens (tertiary/aromatic N) is 1. The molecular weight excluding hydrogens is 330 g/mol. The standard InChI is InChI=1S/C16H16BrN3O/c1-10-8-13(9-19-14(10)17)20-15(21)16(6-7-16)11-2-4-12(18)5-3-11/h2-5,8-9H,6-7,18H2,1H3,(H,20,21). The van der Waals surface area contributed by atoms with E-state index in [-0.39, 0.29) is 5.91 Å². The van der Waals surface area contributed by atoms with Crippen molar-refractivity contribution in [2.45, 2.75) is 25.2 Å². The Kier molecular flexibility index (Phi) is 3.45. The topological polar surface area (TPSA) is 68.0 Å². The Morgan fingerprint density at radius 3 is 2.57 bits per heavy atom. The van der Waals surface area contributed by atoms with Crippen LogP contribution in [0.2, 0.25) is 0 Å². The van der Waals surface area contributed by atoms with Crippen molar-refractivity contribution in [3.05, 3.63) is 52.3 Å². The lowest BCUT2D eigenvalue weighted by molar-refractivity contribution is -0.118. The normalized spacial score (nSPS) is 15.5. The number of hydrogen-bond acceptors (Lipinski definition) is 3. The Hall–Kier alpha value is -1.88. The average molecular weight is 346 g/mol. The van der Waals surface area contributed by atoms with Gasteiger partial charge in [0.1, 0.15) is 4.60 Å². The Labute approximate surface area is 131 Å². The van der Waals surface area contributed by atoms with Crippen molar-refractivity contribution in [2.24, 2.45) is 0 Å². The van der Waals surface area contributed by atoms with E-state index in [0.29, 0.717) is 5.69 Å². The highest BCUT2D eigenvalue weighted by Gasteiger charge is 2.51. The number of aromatic nitrogens is 1. The van der Waals surface area contributed by atoms with Crippen molar-refractivity contribution < 1.29 is 4.79 Å². The van der Waals surface area contributed by atoms with Crippen LogP contribution in [0.4, 0.5) is 11.4 Å². The summed E-state index contributed by atoms with van der Waals surface area (Å²) < 4.78 is 0.792. The lowest BCUT2D eigenvalue weighted by Gasteiger charge is -2.16. The molecule has 3 rings (SSSR count). The first-order valence-electron chi connectivity index (χ1n) is 6.81. The predicted octanol–water partition coefficient (Wildman–Crippen LogP) is 3.41. The molecular formula is C16H16BrN3O. The first kappa shape index (κ1) is 14.1. The molecule has 0 saturated heterocycles. The molecule has 5 heteroatoms. The van der Waals surface area contributed by atoms with Crippen molar-refractivity contribution in [1.82, 2.24) is 4.98 Å². The zero-order chi connectivity index (χ0) is 15.0. The molecule has 1 aliphatic rings. The molecule has 0 spiro atoms. The number of pyridine rings is 1. The first-order valence-corrected chi connectivity index (χ1v) is 7.60. The number of hydrogen-bond donors (Lipinski definition) is 2. The van der Waals surface area contributed by atoms with Crippen LogP contribution < -0.4 is 11.1 Å². The van der Waals surface area contributed by atoms with Crippen molar-refractivity contribution in [2.75, 3.05) is 11.1 Å². The van der Waals surface area contributed by atoms with Gasteiger partial charge in [-0.3, -0.25) is 4.79 Å². The van der Waals surface area contributed by atoms with E-state index >= 15 is 0 Å². The van der Waals surface area contributed by atoms with Crippen molar-refractivity contribution in [3.63, 3.8) is 0 Å². The van der Waals surface area contributed by atoms with Gasteiger partial charge < -0.3 is 11.1 Å². The molecule has 1 saturated carbocycles. The Balaban J connectivity index is 1.81. The molecule has 108 valence electrons. The van der Waals surface area contributed by atoms with Gasteiger partial charge in [0, 0.05) is 5.69 Å². The molecule has 0 radical (unpaired) electrons. The van der Waals surface area contributed by atoms with Gasteiger partial charge in [0.05, 0.1) is 17.3 Å². The summed E-state index contributed by atoms with van der Waals surface area (Å²) in [5.74, 6) is 0.0239. The van der Waals surface area contributed by atoms with E-state index < -0.39 is 5.41 Å². The average Bonchev–Trinajstić information content (AvgIpc) is 3.25. The molecule has 1 aromatic carbocycles. The molecule has 21 heavy (non-hydrogen) atoms. The summed E-state index contributed by atoms with van der Waals surface area (Å²) >= 11 is 3.36. The lowest BCUT2D eigenvalue weighted by Crippen LogP contribution is -2.27. The summed E-state index contributed by atoms with van der Waals surface area (Å²) in [5, 5.41) is 2.97. The van der Waals surface area contributed by atoms with Gasteiger partial charge in [0.25, 0.3) is 0 Å². The van der Waals surface area contributed by atoms with Crippen molar-refractivity contribution in [1.29, 1.82) is 0 Å². The molecule has 1 amide bonds. The van der Waals surface area contributed by atoms with Crippen LogP contribution in [0, 0.1) is 6.92 Å². The molecule has 1 fully saturated rings. The smallest absolute Gasteiger partial charge is 0.235 e. The zero-order valence-corrected chi connectivity index (χ0v) is 13.3. The number of amides is 1. The first-order chi connectivity index (χ1) is 10.0. The van der Waals surface area contributed by atoms with Crippen LogP contribution in [-0.2, 0) is 10.2 Å². The van der Waals surface area contributed by atoms with E-state index in [1.54, 1.807) is 6.20 Å². The third-order valence-corrected chi connectivity index (χ3v) is 4.75. The minimum absolute atomic E-state index is 0.0239. The Morgan fingerprint density at radius 2 is 2.00 bits per heavy atom. The molecule has 0 aliphatic heterocycles. The van der Waals surface area contributed by atoms with Gasteiger partial charge in [0.15, 0.2) is 0 Å². The zero-order valence-electron chi connectivity index (χ0n) is 11.7. The van der Waals surface area contributed by atoms with Gasteiger partial charge in [-0.1, -0.05) is 12.1 Å². The van der Waals surface area contributed by atoms with Crippen molar-refractivity contribution in [3.8, 4) is 0 Å². The van der Waals surface area contributed by atoms with E-state index in [1.807, 2.05) is 37.3 Å². The van der Waals surface area contributed by atoms with Crippen LogP contribution in [0.3, 0.4) is 0 Å². The summed E-state index contributed by atoms with van der Waals surface area (Å²) in [4.78, 5) is 16.8. The monoisotopic (exact) mass is 345 g/mol. The SMILES string of the molecule is Cc1cc(NC(=O)C2(c3ccc(N)cc3)CC2)cnc1Br. The molecule has 0 bridgehead atoms. The maximum absolute atomic E-state index is 12.6. The fourth-order valence-electron chi connectivity index (χ4n) is 2.45. The highest BCUT2D eigenvalue weighted by molar-refractivity contribution is 9.10. The summed E-state index contributed by atoms with van der Waals surface area (Å²) in [6.07, 6.45) is 3.39. The van der Waals surface area contributed by atoms with Crippen LogP contribution in [0.5, 0.6) is 0 Å². The van der Waals surface area contributed by atoms with Crippen LogP contribution in [0.25, 0.3) is 0 Å². The minimum Gasteiger partial charge on any atom is -0.399 e. The molecule has 0 unspecified atom stereocenters. The molecule has 0 atom stereocenters. The maximum Gasteiger partial charge on any atom is 0.235 e. The number of aryl methyl sites for hydroxylation is 1. The quantitative estimate of drug-likeness (QED) is 0.661. The highest BCUT2D eigenvalue weighted by atomic mass is 79.9. The number of benzene rings is 1. The Morgan fingerprint density at radius 1 is 1.33 bits per heavy atom. The van der Waals surface area contributed by atoms with Gasteiger partial charge in [-0.15, -0.1) is 0 Å². The molecule has 4 nitrogen and oxygen atoms in total. The Bertz CT molecular complexity index is 693. The van der Waals surface area contributed by atoms with E-state index in [1.165, 1.54) is 0 Å². The number of carbonyl (C=O) groups is 1. The van der Waals surface area contributed by atoms with Crippen LogP contribution >= 0.6 is 15.9 Å². The van der Waals surface area contributed by atoms with Crippen molar-refractivity contribution >= 4 is 33.2 Å². The third kappa shape index (κ3) is 2.65. The van der Waals surface area contributed by atoms with Gasteiger partial charge >= 0.3 is 0 Å². The van der Waals surface area contributed by atoms with E-state index in [9.17, 15) is 4.79 Å². The second kappa shape index (κ2) is 5.15. The number of anilines is 2. The molecule has 1 aromatic heterocycles. The van der Waals surface area contributed by atoms with Gasteiger partial charge in [-0.25, -0.2) is 4.98 Å². The van der Waals surface area contributed by atoms with Crippen LogP contribution in [0.15, 0.2) is 41.1 Å². The second-order valence-corrected chi connectivity index (χ2v) is 6.24. The van der Waals surface area contributed by atoms with E-state index in [0.717, 1.165) is 34.3 Å².